The van der Waals surface area contributed by atoms with Gasteiger partial charge in [0.05, 0.1) is 17.7 Å². The number of benzene rings is 1. The maximum Gasteiger partial charge on any atom is 0.357 e. The fraction of sp³-hybridized carbons (Fsp3) is 0.273. The summed E-state index contributed by atoms with van der Waals surface area (Å²) in [6.07, 6.45) is 0. The van der Waals surface area contributed by atoms with Gasteiger partial charge in [-0.05, 0) is 31.0 Å². The summed E-state index contributed by atoms with van der Waals surface area (Å²) in [4.78, 5) is 41.9. The van der Waals surface area contributed by atoms with Crippen molar-refractivity contribution in [3.05, 3.63) is 58.6 Å². The average Bonchev–Trinajstić information content (AvgIpc) is 3.16. The Labute approximate surface area is 178 Å². The molecule has 7 nitrogen and oxygen atoms in total. The summed E-state index contributed by atoms with van der Waals surface area (Å²) < 4.78 is 10.1. The highest BCUT2D eigenvalue weighted by Gasteiger charge is 2.21. The molecule has 1 amide bonds. The van der Waals surface area contributed by atoms with Crippen LogP contribution in [0.1, 0.15) is 52.4 Å². The first kappa shape index (κ1) is 21.4. The first-order valence-electron chi connectivity index (χ1n) is 9.52. The van der Waals surface area contributed by atoms with E-state index < -0.39 is 24.5 Å². The minimum Gasteiger partial charge on any atom is -0.462 e. The smallest absolute Gasteiger partial charge is 0.357 e. The fourth-order valence-corrected chi connectivity index (χ4v) is 3.76. The Morgan fingerprint density at radius 2 is 1.83 bits per heavy atom. The molecule has 1 N–H and O–H groups in total. The number of aromatic nitrogens is 1. The maximum atomic E-state index is 12.3. The quantitative estimate of drug-likeness (QED) is 0.563. The van der Waals surface area contributed by atoms with E-state index >= 15 is 0 Å². The van der Waals surface area contributed by atoms with Crippen LogP contribution in [0.4, 0.5) is 5.00 Å². The standard InChI is InChI=1S/C22H22N2O5S/c1-4-28-21(26)15-11-18(13(2)3)30-20(15)24-19(25)12-29-22(27)17-10-9-14-7-5-6-8-16(14)23-17/h5-11,13H,4,12H2,1-3H3,(H,24,25). The molecule has 0 aliphatic carbocycles. The summed E-state index contributed by atoms with van der Waals surface area (Å²) in [5, 5.41) is 3.92. The van der Waals surface area contributed by atoms with Crippen LogP contribution in [0.15, 0.2) is 42.5 Å². The molecule has 3 aromatic rings. The molecular weight excluding hydrogens is 404 g/mol. The van der Waals surface area contributed by atoms with Gasteiger partial charge in [-0.1, -0.05) is 38.1 Å². The van der Waals surface area contributed by atoms with Crippen LogP contribution < -0.4 is 5.32 Å². The van der Waals surface area contributed by atoms with Gasteiger partial charge in [0.1, 0.15) is 10.7 Å². The van der Waals surface area contributed by atoms with Crippen molar-refractivity contribution < 1.29 is 23.9 Å². The number of amides is 1. The fourth-order valence-electron chi connectivity index (χ4n) is 2.70. The lowest BCUT2D eigenvalue weighted by Crippen LogP contribution is -2.22. The van der Waals surface area contributed by atoms with Crippen LogP contribution in [0.25, 0.3) is 10.9 Å². The second-order valence-corrected chi connectivity index (χ2v) is 7.86. The van der Waals surface area contributed by atoms with Crippen molar-refractivity contribution in [1.82, 2.24) is 4.98 Å². The number of carbonyl (C=O) groups excluding carboxylic acids is 3. The summed E-state index contributed by atoms with van der Waals surface area (Å²) in [6, 6.07) is 12.4. The Balaban J connectivity index is 1.66. The third-order valence-electron chi connectivity index (χ3n) is 4.21. The largest absolute Gasteiger partial charge is 0.462 e. The molecule has 0 saturated heterocycles. The van der Waals surface area contributed by atoms with Crippen molar-refractivity contribution in [2.24, 2.45) is 0 Å². The number of nitrogens with one attached hydrogen (secondary N) is 1. The van der Waals surface area contributed by atoms with Crippen LogP contribution in [-0.4, -0.2) is 36.0 Å². The zero-order chi connectivity index (χ0) is 21.7. The second kappa shape index (κ2) is 9.49. The summed E-state index contributed by atoms with van der Waals surface area (Å²) in [5.41, 5.74) is 1.07. The first-order valence-corrected chi connectivity index (χ1v) is 10.3. The maximum absolute atomic E-state index is 12.3. The number of hydrogen-bond acceptors (Lipinski definition) is 7. The molecule has 0 aliphatic rings. The molecule has 2 heterocycles. The Kier molecular flexibility index (Phi) is 6.79. The van der Waals surface area contributed by atoms with E-state index in [2.05, 4.69) is 10.3 Å². The van der Waals surface area contributed by atoms with Crippen molar-refractivity contribution in [3.8, 4) is 0 Å². The number of fused-ring (bicyclic) bond motifs is 1. The molecule has 0 fully saturated rings. The number of carbonyl (C=O) groups is 3. The molecule has 0 unspecified atom stereocenters. The van der Waals surface area contributed by atoms with Gasteiger partial charge in [0, 0.05) is 10.3 Å². The van der Waals surface area contributed by atoms with Crippen molar-refractivity contribution in [2.45, 2.75) is 26.7 Å². The molecule has 0 radical (unpaired) electrons. The average molecular weight is 426 g/mol. The van der Waals surface area contributed by atoms with Crippen LogP contribution in [0.5, 0.6) is 0 Å². The summed E-state index contributed by atoms with van der Waals surface area (Å²) in [5.74, 6) is -1.57. The molecule has 0 atom stereocenters. The zero-order valence-corrected chi connectivity index (χ0v) is 17.7. The summed E-state index contributed by atoms with van der Waals surface area (Å²) >= 11 is 1.30. The van der Waals surface area contributed by atoms with Crippen molar-refractivity contribution in [1.29, 1.82) is 0 Å². The van der Waals surface area contributed by atoms with Gasteiger partial charge in [0.15, 0.2) is 6.61 Å². The normalized spacial score (nSPS) is 10.8. The molecule has 1 aromatic carbocycles. The number of rotatable bonds is 7. The lowest BCUT2D eigenvalue weighted by Gasteiger charge is -2.07. The second-order valence-electron chi connectivity index (χ2n) is 6.78. The van der Waals surface area contributed by atoms with Crippen LogP contribution in [0, 0.1) is 0 Å². The van der Waals surface area contributed by atoms with Gasteiger partial charge in [0.2, 0.25) is 0 Å². The molecule has 0 spiro atoms. The van der Waals surface area contributed by atoms with E-state index in [0.29, 0.717) is 16.1 Å². The van der Waals surface area contributed by atoms with E-state index in [1.807, 2.05) is 32.0 Å². The molecule has 156 valence electrons. The van der Waals surface area contributed by atoms with Crippen molar-refractivity contribution in [2.75, 3.05) is 18.5 Å². The predicted molar refractivity (Wildman–Crippen MR) is 115 cm³/mol. The minimum absolute atomic E-state index is 0.118. The Morgan fingerprint density at radius 1 is 1.07 bits per heavy atom. The van der Waals surface area contributed by atoms with Gasteiger partial charge in [-0.15, -0.1) is 11.3 Å². The topological polar surface area (TPSA) is 94.6 Å². The lowest BCUT2D eigenvalue weighted by atomic mass is 10.1. The highest BCUT2D eigenvalue weighted by atomic mass is 32.1. The van der Waals surface area contributed by atoms with E-state index in [1.165, 1.54) is 11.3 Å². The summed E-state index contributed by atoms with van der Waals surface area (Å²) in [6.45, 7) is 5.43. The van der Waals surface area contributed by atoms with E-state index in [4.69, 9.17) is 9.47 Å². The van der Waals surface area contributed by atoms with E-state index in [9.17, 15) is 14.4 Å². The molecule has 0 bridgehead atoms. The van der Waals surface area contributed by atoms with Gasteiger partial charge in [0.25, 0.3) is 5.91 Å². The van der Waals surface area contributed by atoms with Gasteiger partial charge >= 0.3 is 11.9 Å². The molecule has 8 heteroatoms. The molecule has 30 heavy (non-hydrogen) atoms. The van der Waals surface area contributed by atoms with Crippen LogP contribution in [0.2, 0.25) is 0 Å². The van der Waals surface area contributed by atoms with E-state index in [-0.39, 0.29) is 18.2 Å². The monoisotopic (exact) mass is 426 g/mol. The van der Waals surface area contributed by atoms with Gasteiger partial charge in [-0.2, -0.15) is 0 Å². The minimum atomic E-state index is -0.699. The Hall–Kier alpha value is -3.26. The molecule has 2 aromatic heterocycles. The number of esters is 2. The van der Waals surface area contributed by atoms with E-state index in [0.717, 1.165) is 10.3 Å². The van der Waals surface area contributed by atoms with Gasteiger partial charge in [-0.3, -0.25) is 4.79 Å². The first-order chi connectivity index (χ1) is 14.4. The molecule has 3 rings (SSSR count). The van der Waals surface area contributed by atoms with Crippen LogP contribution in [0.3, 0.4) is 0 Å². The number of anilines is 1. The molecule has 0 saturated carbocycles. The summed E-state index contributed by atoms with van der Waals surface area (Å²) in [7, 11) is 0. The number of thiophene rings is 1. The van der Waals surface area contributed by atoms with Crippen LogP contribution in [-0.2, 0) is 14.3 Å². The third-order valence-corrected chi connectivity index (χ3v) is 5.56. The number of pyridine rings is 1. The van der Waals surface area contributed by atoms with Crippen LogP contribution >= 0.6 is 11.3 Å². The highest BCUT2D eigenvalue weighted by Crippen LogP contribution is 2.33. The number of hydrogen-bond donors (Lipinski definition) is 1. The van der Waals surface area contributed by atoms with Gasteiger partial charge < -0.3 is 14.8 Å². The predicted octanol–water partition coefficient (Wildman–Crippen LogP) is 4.39. The number of nitrogens with zero attached hydrogens (tertiary/aromatic N) is 1. The SMILES string of the molecule is CCOC(=O)c1cc(C(C)C)sc1NC(=O)COC(=O)c1ccc2ccccc2n1. The zero-order valence-electron chi connectivity index (χ0n) is 16.9. The highest BCUT2D eigenvalue weighted by molar-refractivity contribution is 7.16. The van der Waals surface area contributed by atoms with Crippen molar-refractivity contribution in [3.63, 3.8) is 0 Å². The van der Waals surface area contributed by atoms with Gasteiger partial charge in [-0.25, -0.2) is 14.6 Å². The Morgan fingerprint density at radius 3 is 2.57 bits per heavy atom. The third kappa shape index (κ3) is 5.01. The van der Waals surface area contributed by atoms with Crippen molar-refractivity contribution >= 4 is 45.1 Å². The van der Waals surface area contributed by atoms with E-state index in [1.54, 1.807) is 31.2 Å². The molecular formula is C22H22N2O5S. The number of para-hydroxylation sites is 1. The lowest BCUT2D eigenvalue weighted by molar-refractivity contribution is -0.119. The number of ether oxygens (including phenoxy) is 2. The Bertz CT molecular complexity index is 1090. The molecule has 0 aliphatic heterocycles.